The van der Waals surface area contributed by atoms with Crippen LogP contribution in [0.2, 0.25) is 0 Å². The number of thiazole rings is 1. The van der Waals surface area contributed by atoms with Gasteiger partial charge < -0.3 is 14.1 Å². The molecule has 4 nitrogen and oxygen atoms in total. The number of benzene rings is 6. The Labute approximate surface area is 242 Å². The summed E-state index contributed by atoms with van der Waals surface area (Å²) in [4.78, 5) is 4.93. The Hall–Kier alpha value is -4.81. The molecule has 41 heavy (non-hydrogen) atoms. The number of aromatic nitrogens is 1. The first-order chi connectivity index (χ1) is 20.2. The van der Waals surface area contributed by atoms with E-state index in [1.54, 1.807) is 25.6 Å². The third kappa shape index (κ3) is 4.87. The van der Waals surface area contributed by atoms with Crippen LogP contribution in [0.1, 0.15) is 0 Å². The number of fused-ring (bicyclic) bond motifs is 3. The first-order valence-electron chi connectivity index (χ1n) is 13.5. The Bertz CT molecular complexity index is 1920. The van der Waals surface area contributed by atoms with E-state index < -0.39 is 0 Å². The van der Waals surface area contributed by atoms with Crippen molar-refractivity contribution in [1.29, 1.82) is 0 Å². The Morgan fingerprint density at radius 3 is 1.78 bits per heavy atom. The fraction of sp³-hybridized carbons (Fsp3) is 0.0571. The minimum absolute atomic E-state index is 0.344. The van der Waals surface area contributed by atoms with Crippen molar-refractivity contribution in [1.82, 2.24) is 4.98 Å². The second-order valence-electron chi connectivity index (χ2n) is 9.93. The van der Waals surface area contributed by atoms with Crippen molar-refractivity contribution in [3.05, 3.63) is 121 Å². The number of ether oxygens (including phenoxy) is 2. The standard InChI is InChI=1S/C35H26BNO3S/c1-38-29-17-13-23-19-27(15-11-25(23)21-29)36(28-16-12-26-22-30(39-2)18-14-24(26)20-28)40-33-9-5-3-7-31(33)35-37-32-8-4-6-10-34(32)41-35/h3-22H,1-2H3. The molecule has 0 amide bonds. The SMILES string of the molecule is COc1ccc2cc(B(Oc3ccccc3-c3nc4ccccc4s3)c3ccc4cc(OC)ccc4c3)ccc2c1. The molecule has 0 radical (unpaired) electrons. The summed E-state index contributed by atoms with van der Waals surface area (Å²) in [6.07, 6.45) is 0. The summed E-state index contributed by atoms with van der Waals surface area (Å²) in [5.41, 5.74) is 4.10. The van der Waals surface area contributed by atoms with Gasteiger partial charge in [0.05, 0.1) is 30.0 Å². The number of methoxy groups -OCH3 is 2. The van der Waals surface area contributed by atoms with E-state index in [2.05, 4.69) is 78.9 Å². The lowest BCUT2D eigenvalue weighted by Crippen LogP contribution is -2.47. The molecule has 6 aromatic carbocycles. The average molecular weight is 551 g/mol. The zero-order valence-corrected chi connectivity index (χ0v) is 23.5. The first-order valence-corrected chi connectivity index (χ1v) is 14.3. The Balaban J connectivity index is 1.35. The molecule has 6 heteroatoms. The third-order valence-corrected chi connectivity index (χ3v) is 8.47. The lowest BCUT2D eigenvalue weighted by atomic mass is 9.55. The van der Waals surface area contributed by atoms with Gasteiger partial charge in [0.2, 0.25) is 0 Å². The van der Waals surface area contributed by atoms with Crippen LogP contribution in [0, 0.1) is 0 Å². The average Bonchev–Trinajstić information content (AvgIpc) is 3.47. The van der Waals surface area contributed by atoms with Gasteiger partial charge in [-0.05, 0) is 81.0 Å². The Morgan fingerprint density at radius 1 is 0.585 bits per heavy atom. The molecule has 1 heterocycles. The Morgan fingerprint density at radius 2 is 1.15 bits per heavy atom. The molecule has 0 unspecified atom stereocenters. The van der Waals surface area contributed by atoms with Gasteiger partial charge in [-0.25, -0.2) is 4.98 Å². The van der Waals surface area contributed by atoms with E-state index in [0.717, 1.165) is 70.5 Å². The van der Waals surface area contributed by atoms with Crippen molar-refractivity contribution in [2.75, 3.05) is 14.2 Å². The highest BCUT2D eigenvalue weighted by Crippen LogP contribution is 2.36. The molecule has 0 fully saturated rings. The highest BCUT2D eigenvalue weighted by molar-refractivity contribution is 7.21. The summed E-state index contributed by atoms with van der Waals surface area (Å²) in [6, 6.07) is 41.7. The van der Waals surface area contributed by atoms with Crippen LogP contribution in [0.5, 0.6) is 17.2 Å². The number of nitrogens with zero attached hydrogens (tertiary/aromatic N) is 1. The maximum atomic E-state index is 6.97. The predicted molar refractivity (Wildman–Crippen MR) is 172 cm³/mol. The van der Waals surface area contributed by atoms with Crippen LogP contribution in [0.4, 0.5) is 0 Å². The van der Waals surface area contributed by atoms with Crippen molar-refractivity contribution < 1.29 is 14.1 Å². The molecule has 7 rings (SSSR count). The summed E-state index contributed by atoms with van der Waals surface area (Å²) in [5, 5.41) is 5.43. The van der Waals surface area contributed by atoms with E-state index in [-0.39, 0.29) is 6.92 Å². The van der Waals surface area contributed by atoms with Crippen LogP contribution in [0.3, 0.4) is 0 Å². The molecule has 198 valence electrons. The van der Waals surface area contributed by atoms with E-state index in [4.69, 9.17) is 19.1 Å². The molecule has 7 aromatic rings. The van der Waals surface area contributed by atoms with Crippen LogP contribution >= 0.6 is 11.3 Å². The lowest BCUT2D eigenvalue weighted by molar-refractivity contribution is 0.415. The zero-order valence-electron chi connectivity index (χ0n) is 22.7. The number of para-hydroxylation sites is 2. The maximum absolute atomic E-state index is 6.97. The second-order valence-corrected chi connectivity index (χ2v) is 11.0. The highest BCUT2D eigenvalue weighted by Gasteiger charge is 2.26. The van der Waals surface area contributed by atoms with Gasteiger partial charge in [0.25, 0.3) is 0 Å². The zero-order chi connectivity index (χ0) is 27.8. The molecule has 0 saturated heterocycles. The summed E-state index contributed by atoms with van der Waals surface area (Å²) in [7, 11) is 3.38. The van der Waals surface area contributed by atoms with E-state index >= 15 is 0 Å². The van der Waals surface area contributed by atoms with E-state index in [0.29, 0.717) is 0 Å². The van der Waals surface area contributed by atoms with E-state index in [1.807, 2.05) is 42.5 Å². The normalized spacial score (nSPS) is 11.2. The molecular weight excluding hydrogens is 525 g/mol. The van der Waals surface area contributed by atoms with Crippen molar-refractivity contribution in [3.63, 3.8) is 0 Å². The van der Waals surface area contributed by atoms with Crippen LogP contribution in [-0.2, 0) is 0 Å². The van der Waals surface area contributed by atoms with E-state index in [1.165, 1.54) is 0 Å². The first kappa shape index (κ1) is 25.2. The second kappa shape index (κ2) is 10.6. The largest absolute Gasteiger partial charge is 0.551 e. The van der Waals surface area contributed by atoms with Gasteiger partial charge in [-0.2, -0.15) is 0 Å². The fourth-order valence-electron chi connectivity index (χ4n) is 5.25. The van der Waals surface area contributed by atoms with Crippen LogP contribution in [0.15, 0.2) is 121 Å². The summed E-state index contributed by atoms with van der Waals surface area (Å²) in [6.45, 7) is -0.344. The molecule has 0 atom stereocenters. The monoisotopic (exact) mass is 551 g/mol. The minimum atomic E-state index is -0.344. The van der Waals surface area contributed by atoms with Crippen molar-refractivity contribution in [3.8, 4) is 27.8 Å². The van der Waals surface area contributed by atoms with Gasteiger partial charge in [-0.1, -0.05) is 72.8 Å². The number of hydrogen-bond donors (Lipinski definition) is 0. The molecule has 0 bridgehead atoms. The summed E-state index contributed by atoms with van der Waals surface area (Å²) < 4.78 is 19.0. The summed E-state index contributed by atoms with van der Waals surface area (Å²) >= 11 is 1.68. The molecule has 1 aromatic heterocycles. The maximum Gasteiger partial charge on any atom is 0.426 e. The molecule has 0 aliphatic rings. The third-order valence-electron chi connectivity index (χ3n) is 7.40. The molecule has 0 saturated carbocycles. The van der Waals surface area contributed by atoms with Gasteiger partial charge in [-0.3, -0.25) is 0 Å². The highest BCUT2D eigenvalue weighted by atomic mass is 32.1. The van der Waals surface area contributed by atoms with Crippen LogP contribution in [0.25, 0.3) is 42.3 Å². The molecule has 0 aliphatic carbocycles. The van der Waals surface area contributed by atoms with Gasteiger partial charge in [-0.15, -0.1) is 11.3 Å². The Kier molecular flexibility index (Phi) is 6.53. The molecule has 0 aliphatic heterocycles. The van der Waals surface area contributed by atoms with Crippen LogP contribution in [-0.4, -0.2) is 26.1 Å². The molecule has 0 N–H and O–H groups in total. The number of hydrogen-bond acceptors (Lipinski definition) is 5. The van der Waals surface area contributed by atoms with E-state index in [9.17, 15) is 0 Å². The molecule has 0 spiro atoms. The van der Waals surface area contributed by atoms with Gasteiger partial charge in [0, 0.05) is 0 Å². The number of rotatable bonds is 7. The van der Waals surface area contributed by atoms with Crippen molar-refractivity contribution in [2.24, 2.45) is 0 Å². The van der Waals surface area contributed by atoms with Crippen molar-refractivity contribution >= 4 is 60.9 Å². The summed E-state index contributed by atoms with van der Waals surface area (Å²) in [5.74, 6) is 2.47. The van der Waals surface area contributed by atoms with Crippen molar-refractivity contribution in [2.45, 2.75) is 0 Å². The minimum Gasteiger partial charge on any atom is -0.551 e. The van der Waals surface area contributed by atoms with Crippen LogP contribution < -0.4 is 25.1 Å². The smallest absolute Gasteiger partial charge is 0.426 e. The molecular formula is C35H26BNO3S. The van der Waals surface area contributed by atoms with Gasteiger partial charge in [0.15, 0.2) is 0 Å². The quantitative estimate of drug-likeness (QED) is 0.193. The lowest BCUT2D eigenvalue weighted by Gasteiger charge is -2.20. The fourth-order valence-corrected chi connectivity index (χ4v) is 6.25. The topological polar surface area (TPSA) is 40.6 Å². The van der Waals surface area contributed by atoms with Gasteiger partial charge in [0.1, 0.15) is 22.3 Å². The van der Waals surface area contributed by atoms with Gasteiger partial charge >= 0.3 is 6.92 Å². The predicted octanol–water partition coefficient (Wildman–Crippen LogP) is 7.47.